The fraction of sp³-hybridized carbons (Fsp3) is 0.500. The summed E-state index contributed by atoms with van der Waals surface area (Å²) in [6, 6.07) is 5.02. The summed E-state index contributed by atoms with van der Waals surface area (Å²) in [5, 5.41) is 3.23. The molecular weight excluding hydrogens is 264 g/mol. The van der Waals surface area contributed by atoms with Crippen LogP contribution in [-0.2, 0) is 9.53 Å². The first-order chi connectivity index (χ1) is 9.15. The molecule has 0 atom stereocenters. The normalized spacial score (nSPS) is 16.3. The molecule has 0 spiro atoms. The number of rotatable bonds is 4. The molecule has 4 nitrogen and oxygen atoms in total. The topological polar surface area (TPSA) is 64.3 Å². The number of ether oxygens (including phenoxy) is 1. The highest BCUT2D eigenvalue weighted by atomic mass is 35.5. The number of anilines is 2. The zero-order valence-electron chi connectivity index (χ0n) is 10.8. The first kappa shape index (κ1) is 14.2. The van der Waals surface area contributed by atoms with Gasteiger partial charge in [0.25, 0.3) is 0 Å². The van der Waals surface area contributed by atoms with Gasteiger partial charge in [0.05, 0.1) is 16.8 Å². The number of nitrogens with two attached hydrogens (primary N) is 1. The largest absolute Gasteiger partial charge is 0.397 e. The molecule has 19 heavy (non-hydrogen) atoms. The van der Waals surface area contributed by atoms with Crippen molar-refractivity contribution in [1.29, 1.82) is 0 Å². The minimum absolute atomic E-state index is 0.0905. The van der Waals surface area contributed by atoms with E-state index >= 15 is 0 Å². The quantitative estimate of drug-likeness (QED) is 0.834. The van der Waals surface area contributed by atoms with Crippen LogP contribution in [0.1, 0.15) is 32.1 Å². The van der Waals surface area contributed by atoms with Crippen LogP contribution in [-0.4, -0.2) is 18.6 Å². The summed E-state index contributed by atoms with van der Waals surface area (Å²) in [4.78, 5) is 11.7. The van der Waals surface area contributed by atoms with Crippen molar-refractivity contribution in [3.8, 4) is 0 Å². The van der Waals surface area contributed by atoms with Crippen molar-refractivity contribution in [3.05, 3.63) is 23.2 Å². The van der Waals surface area contributed by atoms with Gasteiger partial charge in [0.1, 0.15) is 6.61 Å². The van der Waals surface area contributed by atoms with Crippen LogP contribution in [0.2, 0.25) is 5.02 Å². The van der Waals surface area contributed by atoms with Gasteiger partial charge in [-0.1, -0.05) is 30.9 Å². The van der Waals surface area contributed by atoms with E-state index in [4.69, 9.17) is 22.1 Å². The van der Waals surface area contributed by atoms with Gasteiger partial charge >= 0.3 is 0 Å². The smallest absolute Gasteiger partial charge is 0.250 e. The molecule has 0 heterocycles. The van der Waals surface area contributed by atoms with Crippen molar-refractivity contribution in [2.45, 2.75) is 38.2 Å². The van der Waals surface area contributed by atoms with Gasteiger partial charge in [-0.3, -0.25) is 4.79 Å². The minimum atomic E-state index is -0.160. The molecule has 1 aromatic rings. The fourth-order valence-electron chi connectivity index (χ4n) is 2.24. The third-order valence-electron chi connectivity index (χ3n) is 3.28. The second kappa shape index (κ2) is 6.78. The number of benzene rings is 1. The fourth-order valence-corrected chi connectivity index (χ4v) is 2.36. The highest BCUT2D eigenvalue weighted by Crippen LogP contribution is 2.23. The Bertz CT molecular complexity index is 445. The second-order valence-electron chi connectivity index (χ2n) is 4.86. The molecule has 0 unspecified atom stereocenters. The van der Waals surface area contributed by atoms with Crippen LogP contribution in [0.25, 0.3) is 0 Å². The van der Waals surface area contributed by atoms with E-state index in [0.717, 1.165) is 12.8 Å². The maximum atomic E-state index is 11.7. The lowest BCUT2D eigenvalue weighted by Gasteiger charge is -2.21. The van der Waals surface area contributed by atoms with E-state index in [-0.39, 0.29) is 18.6 Å². The molecule has 0 aromatic heterocycles. The Morgan fingerprint density at radius 2 is 2.11 bits per heavy atom. The zero-order valence-corrected chi connectivity index (χ0v) is 11.6. The number of carbonyl (C=O) groups excluding carboxylic acids is 1. The SMILES string of the molecule is Nc1cc(NC(=O)COC2CCCCC2)ccc1Cl. The third kappa shape index (κ3) is 4.40. The van der Waals surface area contributed by atoms with Crippen molar-refractivity contribution >= 4 is 28.9 Å². The lowest BCUT2D eigenvalue weighted by Crippen LogP contribution is -2.24. The summed E-state index contributed by atoms with van der Waals surface area (Å²) < 4.78 is 5.60. The molecule has 1 aliphatic rings. The van der Waals surface area contributed by atoms with Crippen molar-refractivity contribution in [3.63, 3.8) is 0 Å². The molecular formula is C14H19ClN2O2. The average Bonchev–Trinajstić information content (AvgIpc) is 2.42. The van der Waals surface area contributed by atoms with Crippen molar-refractivity contribution < 1.29 is 9.53 Å². The average molecular weight is 283 g/mol. The van der Waals surface area contributed by atoms with Crippen LogP contribution in [0.4, 0.5) is 11.4 Å². The predicted octanol–water partition coefficient (Wildman–Crippen LogP) is 3.21. The van der Waals surface area contributed by atoms with Crippen LogP contribution < -0.4 is 11.1 Å². The number of nitrogens with one attached hydrogen (secondary N) is 1. The molecule has 0 saturated heterocycles. The second-order valence-corrected chi connectivity index (χ2v) is 5.26. The van der Waals surface area contributed by atoms with E-state index in [1.165, 1.54) is 19.3 Å². The van der Waals surface area contributed by atoms with Crippen LogP contribution in [0.15, 0.2) is 18.2 Å². The van der Waals surface area contributed by atoms with Gasteiger partial charge in [-0.25, -0.2) is 0 Å². The summed E-state index contributed by atoms with van der Waals surface area (Å²) in [5.41, 5.74) is 6.76. The van der Waals surface area contributed by atoms with Crippen molar-refractivity contribution in [2.24, 2.45) is 0 Å². The molecule has 0 bridgehead atoms. The zero-order chi connectivity index (χ0) is 13.7. The van der Waals surface area contributed by atoms with Gasteiger partial charge in [-0.2, -0.15) is 0 Å². The number of hydrogen-bond acceptors (Lipinski definition) is 3. The van der Waals surface area contributed by atoms with Gasteiger partial charge in [0, 0.05) is 5.69 Å². The summed E-state index contributed by atoms with van der Waals surface area (Å²) in [6.07, 6.45) is 6.01. The maximum absolute atomic E-state index is 11.7. The Morgan fingerprint density at radius 1 is 1.37 bits per heavy atom. The molecule has 0 aliphatic heterocycles. The van der Waals surface area contributed by atoms with E-state index in [0.29, 0.717) is 16.4 Å². The summed E-state index contributed by atoms with van der Waals surface area (Å²) in [7, 11) is 0. The van der Waals surface area contributed by atoms with E-state index < -0.39 is 0 Å². The first-order valence-corrected chi connectivity index (χ1v) is 6.99. The maximum Gasteiger partial charge on any atom is 0.250 e. The Balaban J connectivity index is 1.78. The molecule has 2 rings (SSSR count). The molecule has 1 aliphatic carbocycles. The molecule has 104 valence electrons. The summed E-state index contributed by atoms with van der Waals surface area (Å²) in [6.45, 7) is 0.0905. The molecule has 1 amide bonds. The van der Waals surface area contributed by atoms with Gasteiger partial charge in [0.2, 0.25) is 5.91 Å². The van der Waals surface area contributed by atoms with E-state index in [1.54, 1.807) is 18.2 Å². The van der Waals surface area contributed by atoms with Crippen LogP contribution in [0.3, 0.4) is 0 Å². The van der Waals surface area contributed by atoms with Crippen LogP contribution >= 0.6 is 11.6 Å². The van der Waals surface area contributed by atoms with E-state index in [2.05, 4.69) is 5.32 Å². The monoisotopic (exact) mass is 282 g/mol. The van der Waals surface area contributed by atoms with Gasteiger partial charge in [0.15, 0.2) is 0 Å². The highest BCUT2D eigenvalue weighted by molar-refractivity contribution is 6.33. The summed E-state index contributed by atoms with van der Waals surface area (Å²) >= 11 is 5.82. The molecule has 1 saturated carbocycles. The molecule has 5 heteroatoms. The highest BCUT2D eigenvalue weighted by Gasteiger charge is 2.15. The number of nitrogen functional groups attached to an aromatic ring is 1. The molecule has 3 N–H and O–H groups in total. The van der Waals surface area contributed by atoms with E-state index in [1.807, 2.05) is 0 Å². The molecule has 1 fully saturated rings. The van der Waals surface area contributed by atoms with Gasteiger partial charge < -0.3 is 15.8 Å². The standard InChI is InChI=1S/C14H19ClN2O2/c15-12-7-6-10(8-13(12)16)17-14(18)9-19-11-4-2-1-3-5-11/h6-8,11H,1-5,9,16H2,(H,17,18). The predicted molar refractivity (Wildman–Crippen MR) is 77.3 cm³/mol. The van der Waals surface area contributed by atoms with Gasteiger partial charge in [-0.05, 0) is 31.0 Å². The van der Waals surface area contributed by atoms with Gasteiger partial charge in [-0.15, -0.1) is 0 Å². The number of hydrogen-bond donors (Lipinski definition) is 2. The Hall–Kier alpha value is -1.26. The van der Waals surface area contributed by atoms with Crippen molar-refractivity contribution in [2.75, 3.05) is 17.7 Å². The molecule has 0 radical (unpaired) electrons. The van der Waals surface area contributed by atoms with Crippen molar-refractivity contribution in [1.82, 2.24) is 0 Å². The summed E-state index contributed by atoms with van der Waals surface area (Å²) in [5.74, 6) is -0.160. The Morgan fingerprint density at radius 3 is 2.79 bits per heavy atom. The van der Waals surface area contributed by atoms with Crippen LogP contribution in [0, 0.1) is 0 Å². The Labute approximate surface area is 118 Å². The Kier molecular flexibility index (Phi) is 5.05. The third-order valence-corrected chi connectivity index (χ3v) is 3.63. The first-order valence-electron chi connectivity index (χ1n) is 6.61. The lowest BCUT2D eigenvalue weighted by atomic mass is 9.98. The van der Waals surface area contributed by atoms with Crippen LogP contribution in [0.5, 0.6) is 0 Å². The lowest BCUT2D eigenvalue weighted by molar-refractivity contribution is -0.123. The molecule has 1 aromatic carbocycles. The number of halogens is 1. The number of amides is 1. The number of carbonyl (C=O) groups is 1. The minimum Gasteiger partial charge on any atom is -0.397 e. The van der Waals surface area contributed by atoms with E-state index in [9.17, 15) is 4.79 Å².